The lowest BCUT2D eigenvalue weighted by Gasteiger charge is -2.18. The van der Waals surface area contributed by atoms with E-state index in [2.05, 4.69) is 170 Å². The summed E-state index contributed by atoms with van der Waals surface area (Å²) in [5.41, 5.74) is 13.5. The molecule has 11 aromatic rings. The van der Waals surface area contributed by atoms with Crippen molar-refractivity contribution < 1.29 is 8.83 Å². The van der Waals surface area contributed by atoms with E-state index in [1.54, 1.807) is 0 Å². The summed E-state index contributed by atoms with van der Waals surface area (Å²) in [5, 5.41) is 12.0. The van der Waals surface area contributed by atoms with Gasteiger partial charge >= 0.3 is 0 Å². The first-order valence-corrected chi connectivity index (χ1v) is 18.8. The summed E-state index contributed by atoms with van der Waals surface area (Å²) in [5.74, 6) is 0. The molecule has 0 fully saturated rings. The van der Waals surface area contributed by atoms with E-state index in [0.29, 0.717) is 0 Å². The molecule has 0 amide bonds. The molecule has 2 aromatic heterocycles. The van der Waals surface area contributed by atoms with Gasteiger partial charge in [-0.1, -0.05) is 140 Å². The lowest BCUT2D eigenvalue weighted by atomic mass is 9.85. The van der Waals surface area contributed by atoms with E-state index in [1.165, 1.54) is 87.6 Å². The number of rotatable bonds is 3. The van der Waals surface area contributed by atoms with E-state index < -0.39 is 0 Å². The Balaban J connectivity index is 1.22. The van der Waals surface area contributed by atoms with Crippen molar-refractivity contribution in [2.45, 2.75) is 12.8 Å². The molecular formula is C52H32O2. The monoisotopic (exact) mass is 688 g/mol. The molecule has 12 rings (SSSR count). The van der Waals surface area contributed by atoms with Gasteiger partial charge in [-0.3, -0.25) is 0 Å². The zero-order valence-corrected chi connectivity index (χ0v) is 29.4. The van der Waals surface area contributed by atoms with Crippen molar-refractivity contribution in [1.82, 2.24) is 0 Å². The third-order valence-electron chi connectivity index (χ3n) is 11.7. The zero-order chi connectivity index (χ0) is 35.3. The average Bonchev–Trinajstić information content (AvgIpc) is 3.82. The fraction of sp³-hybridized carbons (Fsp3) is 0.0385. The summed E-state index contributed by atoms with van der Waals surface area (Å²) >= 11 is 0. The summed E-state index contributed by atoms with van der Waals surface area (Å²) in [4.78, 5) is 0. The predicted octanol–water partition coefficient (Wildman–Crippen LogP) is 14.9. The third-order valence-corrected chi connectivity index (χ3v) is 11.7. The van der Waals surface area contributed by atoms with Crippen LogP contribution in [-0.2, 0) is 6.42 Å². The molecule has 2 heteroatoms. The molecule has 0 aliphatic heterocycles. The van der Waals surface area contributed by atoms with Gasteiger partial charge in [0.25, 0.3) is 0 Å². The molecule has 0 bridgehead atoms. The van der Waals surface area contributed by atoms with Crippen molar-refractivity contribution in [3.63, 3.8) is 0 Å². The quantitative estimate of drug-likeness (QED) is 0.173. The van der Waals surface area contributed by atoms with Crippen molar-refractivity contribution in [3.05, 3.63) is 175 Å². The van der Waals surface area contributed by atoms with Gasteiger partial charge in [0.05, 0.1) is 0 Å². The first-order valence-electron chi connectivity index (χ1n) is 18.8. The molecule has 0 unspecified atom stereocenters. The number of hydrogen-bond acceptors (Lipinski definition) is 2. The Hall–Kier alpha value is -6.90. The van der Waals surface area contributed by atoms with Crippen molar-refractivity contribution in [2.24, 2.45) is 0 Å². The second kappa shape index (κ2) is 11.3. The number of hydrogen-bond donors (Lipinski definition) is 0. The van der Waals surface area contributed by atoms with Gasteiger partial charge in [-0.05, 0) is 120 Å². The van der Waals surface area contributed by atoms with Crippen molar-refractivity contribution in [2.75, 3.05) is 0 Å². The highest BCUT2D eigenvalue weighted by molar-refractivity contribution is 6.26. The predicted molar refractivity (Wildman–Crippen MR) is 227 cm³/mol. The van der Waals surface area contributed by atoms with Gasteiger partial charge < -0.3 is 8.83 Å². The van der Waals surface area contributed by atoms with Crippen LogP contribution in [0.2, 0.25) is 0 Å². The molecule has 1 aliphatic carbocycles. The van der Waals surface area contributed by atoms with Crippen molar-refractivity contribution in [1.29, 1.82) is 0 Å². The summed E-state index contributed by atoms with van der Waals surface area (Å²) in [7, 11) is 0. The molecule has 0 N–H and O–H groups in total. The Morgan fingerprint density at radius 3 is 1.70 bits per heavy atom. The fourth-order valence-electron chi connectivity index (χ4n) is 9.41. The number of furan rings is 2. The topological polar surface area (TPSA) is 26.3 Å². The number of fused-ring (bicyclic) bond motifs is 12. The minimum atomic E-state index is 0.900. The van der Waals surface area contributed by atoms with Crippen LogP contribution in [-0.4, -0.2) is 0 Å². The molecule has 252 valence electrons. The summed E-state index contributed by atoms with van der Waals surface area (Å²) in [6.45, 7) is 0. The van der Waals surface area contributed by atoms with Gasteiger partial charge in [0.2, 0.25) is 0 Å². The van der Waals surface area contributed by atoms with E-state index in [-0.39, 0.29) is 0 Å². The fourth-order valence-corrected chi connectivity index (χ4v) is 9.41. The van der Waals surface area contributed by atoms with E-state index >= 15 is 0 Å². The second-order valence-corrected chi connectivity index (χ2v) is 14.6. The van der Waals surface area contributed by atoms with Gasteiger partial charge in [0, 0.05) is 21.5 Å². The van der Waals surface area contributed by atoms with Gasteiger partial charge in [-0.2, -0.15) is 0 Å². The maximum Gasteiger partial charge on any atom is 0.136 e. The zero-order valence-electron chi connectivity index (χ0n) is 29.4. The van der Waals surface area contributed by atoms with Crippen LogP contribution in [0.1, 0.15) is 17.5 Å². The van der Waals surface area contributed by atoms with Gasteiger partial charge in [-0.25, -0.2) is 0 Å². The van der Waals surface area contributed by atoms with E-state index in [4.69, 9.17) is 8.83 Å². The normalized spacial score (nSPS) is 13.0. The van der Waals surface area contributed by atoms with Gasteiger partial charge in [0.1, 0.15) is 22.3 Å². The van der Waals surface area contributed by atoms with Crippen LogP contribution in [0.25, 0.3) is 116 Å². The second-order valence-electron chi connectivity index (χ2n) is 14.6. The third kappa shape index (κ3) is 4.17. The first kappa shape index (κ1) is 29.7. The van der Waals surface area contributed by atoms with Crippen LogP contribution in [0, 0.1) is 0 Å². The summed E-state index contributed by atoms with van der Waals surface area (Å²) in [6.07, 6.45) is 6.72. The molecule has 54 heavy (non-hydrogen) atoms. The maximum atomic E-state index is 6.59. The molecule has 2 nitrogen and oxygen atoms in total. The summed E-state index contributed by atoms with van der Waals surface area (Å²) < 4.78 is 13.2. The first-order chi connectivity index (χ1) is 26.8. The highest BCUT2D eigenvalue weighted by atomic mass is 16.3. The van der Waals surface area contributed by atoms with E-state index in [1.807, 2.05) is 0 Å². The van der Waals surface area contributed by atoms with Crippen LogP contribution in [0.3, 0.4) is 0 Å². The van der Waals surface area contributed by atoms with E-state index in [0.717, 1.165) is 45.9 Å². The molecule has 0 spiro atoms. The highest BCUT2D eigenvalue weighted by Crippen LogP contribution is 2.48. The van der Waals surface area contributed by atoms with Crippen molar-refractivity contribution >= 4 is 82.3 Å². The number of aryl methyl sites for hydroxylation is 1. The Kier molecular flexibility index (Phi) is 6.20. The minimum Gasteiger partial charge on any atom is -0.456 e. The smallest absolute Gasteiger partial charge is 0.136 e. The number of allylic oxidation sites excluding steroid dienone is 1. The molecular weight excluding hydrogens is 657 g/mol. The molecule has 0 saturated heterocycles. The Morgan fingerprint density at radius 2 is 0.963 bits per heavy atom. The van der Waals surface area contributed by atoms with Crippen LogP contribution >= 0.6 is 0 Å². The van der Waals surface area contributed by atoms with Gasteiger partial charge in [-0.15, -0.1) is 0 Å². The summed E-state index contributed by atoms with van der Waals surface area (Å²) in [6, 6.07) is 57.3. The molecule has 2 heterocycles. The minimum absolute atomic E-state index is 0.900. The lowest BCUT2D eigenvalue weighted by molar-refractivity contribution is 0.668. The molecule has 0 atom stereocenters. The lowest BCUT2D eigenvalue weighted by Crippen LogP contribution is -1.94. The average molecular weight is 689 g/mol. The van der Waals surface area contributed by atoms with Crippen LogP contribution < -0.4 is 0 Å². The largest absolute Gasteiger partial charge is 0.456 e. The maximum absolute atomic E-state index is 6.59. The van der Waals surface area contributed by atoms with Gasteiger partial charge in [0.15, 0.2) is 0 Å². The Labute approximate surface area is 311 Å². The highest BCUT2D eigenvalue weighted by Gasteiger charge is 2.22. The standard InChI is InChI=1S/C52H32O2/c1-2-14-33(15-3-1)48-40-20-8-18-36(38-22-10-24-44-51(38)49-34-16-6-4-12-31(34)26-28-46(49)53-44)42(40)30-43-37(19-9-21-41(43)48)39-23-11-25-45-52(39)50-35-17-7-5-13-32(35)27-29-47(50)54-45/h1-4,6-12,14-30H,5,13H2. The Morgan fingerprint density at radius 1 is 0.389 bits per heavy atom. The van der Waals surface area contributed by atoms with Crippen LogP contribution in [0.4, 0.5) is 0 Å². The molecule has 0 radical (unpaired) electrons. The van der Waals surface area contributed by atoms with E-state index in [9.17, 15) is 0 Å². The van der Waals surface area contributed by atoms with Crippen molar-refractivity contribution in [3.8, 4) is 33.4 Å². The van der Waals surface area contributed by atoms with Crippen LogP contribution in [0.15, 0.2) is 173 Å². The molecule has 1 aliphatic rings. The Bertz CT molecular complexity index is 3370. The molecule has 9 aromatic carbocycles. The molecule has 0 saturated carbocycles. The SMILES string of the molecule is C1=Cc2c(ccc3oc4cccc(-c5cccc6c(-c7ccccc7)c7cccc(-c8cccc9oc%10ccc%11ccccc%11c%10c89)c7cc56)c4c23)CC1. The van der Waals surface area contributed by atoms with Crippen LogP contribution in [0.5, 0.6) is 0 Å². The number of benzene rings is 9.